The quantitative estimate of drug-likeness (QED) is 0.911. The van der Waals surface area contributed by atoms with Crippen molar-refractivity contribution in [2.75, 3.05) is 0 Å². The van der Waals surface area contributed by atoms with Crippen molar-refractivity contribution in [3.63, 3.8) is 0 Å². The lowest BCUT2D eigenvalue weighted by atomic mass is 10.1. The maximum atomic E-state index is 13.1. The van der Waals surface area contributed by atoms with E-state index in [1.54, 1.807) is 13.8 Å². The van der Waals surface area contributed by atoms with Crippen LogP contribution in [0.4, 0.5) is 13.2 Å². The summed E-state index contributed by atoms with van der Waals surface area (Å²) in [6.45, 7) is 3.02. The number of aliphatic hydroxyl groups is 1. The molecule has 0 aliphatic rings. The van der Waals surface area contributed by atoms with Crippen LogP contribution in [-0.2, 0) is 12.8 Å². The predicted octanol–water partition coefficient (Wildman–Crippen LogP) is 3.00. The van der Waals surface area contributed by atoms with Gasteiger partial charge in [0.05, 0.1) is 29.9 Å². The first kappa shape index (κ1) is 13.6. The molecule has 0 amide bonds. The van der Waals surface area contributed by atoms with Crippen molar-refractivity contribution in [2.45, 2.75) is 26.6 Å². The van der Waals surface area contributed by atoms with E-state index in [1.165, 1.54) is 23.0 Å². The molecule has 2 rings (SSSR count). The second-order valence-electron chi connectivity index (χ2n) is 4.29. The molecule has 1 N–H and O–H groups in total. The van der Waals surface area contributed by atoms with Crippen molar-refractivity contribution >= 4 is 0 Å². The summed E-state index contributed by atoms with van der Waals surface area (Å²) in [6, 6.07) is 3.78. The smallest absolute Gasteiger partial charge is 0.392 e. The van der Waals surface area contributed by atoms with E-state index in [4.69, 9.17) is 5.11 Å². The summed E-state index contributed by atoms with van der Waals surface area (Å²) >= 11 is 0. The lowest BCUT2D eigenvalue weighted by Crippen LogP contribution is -2.12. The van der Waals surface area contributed by atoms with Crippen LogP contribution in [0.25, 0.3) is 5.69 Å². The molecule has 19 heavy (non-hydrogen) atoms. The number of imidazole rings is 1. The van der Waals surface area contributed by atoms with E-state index in [9.17, 15) is 13.2 Å². The largest absolute Gasteiger partial charge is 0.418 e. The van der Waals surface area contributed by atoms with Crippen molar-refractivity contribution in [1.82, 2.24) is 9.55 Å². The highest BCUT2D eigenvalue weighted by atomic mass is 19.4. The summed E-state index contributed by atoms with van der Waals surface area (Å²) in [5.41, 5.74) is 0.800. The second kappa shape index (κ2) is 4.70. The third-order valence-corrected chi connectivity index (χ3v) is 3.06. The van der Waals surface area contributed by atoms with Crippen molar-refractivity contribution in [1.29, 1.82) is 0 Å². The molecule has 6 heteroatoms. The first-order valence-corrected chi connectivity index (χ1v) is 5.66. The molecule has 0 aliphatic heterocycles. The SMILES string of the molecule is Cc1ncn(-c2ccc(CO)cc2C(F)(F)F)c1C. The minimum atomic E-state index is -4.48. The van der Waals surface area contributed by atoms with Gasteiger partial charge in [0.1, 0.15) is 0 Å². The third-order valence-electron chi connectivity index (χ3n) is 3.06. The monoisotopic (exact) mass is 270 g/mol. The molecular formula is C13H13F3N2O. The van der Waals surface area contributed by atoms with Crippen molar-refractivity contribution in [2.24, 2.45) is 0 Å². The zero-order valence-electron chi connectivity index (χ0n) is 10.5. The van der Waals surface area contributed by atoms with Gasteiger partial charge in [0.15, 0.2) is 0 Å². The van der Waals surface area contributed by atoms with Gasteiger partial charge < -0.3 is 9.67 Å². The lowest BCUT2D eigenvalue weighted by molar-refractivity contribution is -0.137. The van der Waals surface area contributed by atoms with Crippen LogP contribution in [-0.4, -0.2) is 14.7 Å². The Morgan fingerprint density at radius 3 is 2.42 bits per heavy atom. The number of aryl methyl sites for hydroxylation is 1. The molecule has 1 aromatic heterocycles. The van der Waals surface area contributed by atoms with Crippen LogP contribution < -0.4 is 0 Å². The Labute approximate surface area is 108 Å². The van der Waals surface area contributed by atoms with Crippen LogP contribution in [0.2, 0.25) is 0 Å². The third kappa shape index (κ3) is 2.49. The Morgan fingerprint density at radius 1 is 1.26 bits per heavy atom. The van der Waals surface area contributed by atoms with Crippen LogP contribution >= 0.6 is 0 Å². The van der Waals surface area contributed by atoms with E-state index in [1.807, 2.05) is 0 Å². The molecular weight excluding hydrogens is 257 g/mol. The van der Waals surface area contributed by atoms with E-state index in [0.29, 0.717) is 11.4 Å². The molecule has 1 heterocycles. The highest BCUT2D eigenvalue weighted by molar-refractivity contribution is 5.46. The van der Waals surface area contributed by atoms with E-state index >= 15 is 0 Å². The Hall–Kier alpha value is -1.82. The molecule has 0 saturated heterocycles. The predicted molar refractivity (Wildman–Crippen MR) is 64.0 cm³/mol. The number of benzene rings is 1. The van der Waals surface area contributed by atoms with Gasteiger partial charge in [-0.3, -0.25) is 0 Å². The number of nitrogens with zero attached hydrogens (tertiary/aromatic N) is 2. The Kier molecular flexibility index (Phi) is 3.36. The lowest BCUT2D eigenvalue weighted by Gasteiger charge is -2.15. The molecule has 0 spiro atoms. The van der Waals surface area contributed by atoms with E-state index in [2.05, 4.69) is 4.98 Å². The zero-order valence-corrected chi connectivity index (χ0v) is 10.5. The van der Waals surface area contributed by atoms with Crippen LogP contribution in [0.15, 0.2) is 24.5 Å². The number of aromatic nitrogens is 2. The number of hydrogen-bond donors (Lipinski definition) is 1. The molecule has 0 unspecified atom stereocenters. The van der Waals surface area contributed by atoms with Gasteiger partial charge in [-0.2, -0.15) is 13.2 Å². The minimum absolute atomic E-state index is 0.0165. The van der Waals surface area contributed by atoms with E-state index < -0.39 is 18.3 Å². The molecule has 0 radical (unpaired) electrons. The van der Waals surface area contributed by atoms with Gasteiger partial charge in [-0.1, -0.05) is 6.07 Å². The van der Waals surface area contributed by atoms with Gasteiger partial charge in [0.25, 0.3) is 0 Å². The molecule has 0 saturated carbocycles. The average molecular weight is 270 g/mol. The fourth-order valence-corrected chi connectivity index (χ4v) is 1.86. The molecule has 0 atom stereocenters. The van der Waals surface area contributed by atoms with Gasteiger partial charge in [0, 0.05) is 5.69 Å². The van der Waals surface area contributed by atoms with Crippen LogP contribution in [0.1, 0.15) is 22.5 Å². The van der Waals surface area contributed by atoms with Crippen molar-refractivity contribution in [3.05, 3.63) is 47.0 Å². The number of rotatable bonds is 2. The summed E-state index contributed by atoms with van der Waals surface area (Å²) in [6.07, 6.45) is -3.11. The molecule has 102 valence electrons. The minimum Gasteiger partial charge on any atom is -0.392 e. The number of hydrogen-bond acceptors (Lipinski definition) is 2. The van der Waals surface area contributed by atoms with Gasteiger partial charge >= 0.3 is 6.18 Å². The Morgan fingerprint density at radius 2 is 1.95 bits per heavy atom. The summed E-state index contributed by atoms with van der Waals surface area (Å²) in [7, 11) is 0. The molecule has 2 aromatic rings. The average Bonchev–Trinajstić information content (AvgIpc) is 2.68. The molecule has 3 nitrogen and oxygen atoms in total. The highest BCUT2D eigenvalue weighted by Crippen LogP contribution is 2.35. The van der Waals surface area contributed by atoms with E-state index in [-0.39, 0.29) is 11.3 Å². The molecule has 0 bridgehead atoms. The topological polar surface area (TPSA) is 38.0 Å². The van der Waals surface area contributed by atoms with Crippen LogP contribution in [0.5, 0.6) is 0 Å². The van der Waals surface area contributed by atoms with Crippen LogP contribution in [0, 0.1) is 13.8 Å². The normalized spacial score (nSPS) is 11.9. The Bertz CT molecular complexity index is 602. The second-order valence-corrected chi connectivity index (χ2v) is 4.29. The number of halogens is 3. The van der Waals surface area contributed by atoms with Gasteiger partial charge in [0.2, 0.25) is 0 Å². The fourth-order valence-electron chi connectivity index (χ4n) is 1.86. The summed E-state index contributed by atoms with van der Waals surface area (Å²) in [5.74, 6) is 0. The first-order valence-electron chi connectivity index (χ1n) is 5.66. The van der Waals surface area contributed by atoms with Crippen molar-refractivity contribution < 1.29 is 18.3 Å². The molecule has 0 aliphatic carbocycles. The molecule has 1 aromatic carbocycles. The summed E-state index contributed by atoms with van der Waals surface area (Å²) < 4.78 is 40.6. The fraction of sp³-hybridized carbons (Fsp3) is 0.308. The number of alkyl halides is 3. The Balaban J connectivity index is 2.66. The van der Waals surface area contributed by atoms with E-state index in [0.717, 1.165) is 6.07 Å². The van der Waals surface area contributed by atoms with Crippen LogP contribution in [0.3, 0.4) is 0 Å². The van der Waals surface area contributed by atoms with Gasteiger partial charge in [-0.25, -0.2) is 4.98 Å². The summed E-state index contributed by atoms with van der Waals surface area (Å²) in [4.78, 5) is 4.00. The standard InChI is InChI=1S/C13H13F3N2O/c1-8-9(2)18(7-17-8)12-4-3-10(6-19)5-11(12)13(14,15)16/h3-5,7,19H,6H2,1-2H3. The highest BCUT2D eigenvalue weighted by Gasteiger charge is 2.34. The number of aliphatic hydroxyl groups excluding tert-OH is 1. The molecule has 0 fully saturated rings. The van der Waals surface area contributed by atoms with Gasteiger partial charge in [-0.05, 0) is 31.5 Å². The first-order chi connectivity index (χ1) is 8.84. The maximum absolute atomic E-state index is 13.1. The van der Waals surface area contributed by atoms with Gasteiger partial charge in [-0.15, -0.1) is 0 Å². The maximum Gasteiger partial charge on any atom is 0.418 e. The van der Waals surface area contributed by atoms with Crippen molar-refractivity contribution in [3.8, 4) is 5.69 Å². The summed E-state index contributed by atoms with van der Waals surface area (Å²) in [5, 5.41) is 8.96. The zero-order chi connectivity index (χ0) is 14.2.